The van der Waals surface area contributed by atoms with Gasteiger partial charge in [0.2, 0.25) is 0 Å². The van der Waals surface area contributed by atoms with E-state index in [1.807, 2.05) is 19.9 Å². The lowest BCUT2D eigenvalue weighted by molar-refractivity contribution is 0.626. The summed E-state index contributed by atoms with van der Waals surface area (Å²) in [6.45, 7) is 3.98. The molecule has 4 heteroatoms. The highest BCUT2D eigenvalue weighted by Gasteiger charge is 2.11. The lowest BCUT2D eigenvalue weighted by Gasteiger charge is -2.16. The minimum absolute atomic E-state index is 0. The Morgan fingerprint density at radius 2 is 2.07 bits per heavy atom. The highest BCUT2D eigenvalue weighted by molar-refractivity contribution is 6.39. The Kier molecular flexibility index (Phi) is 5.34. The lowest BCUT2D eigenvalue weighted by atomic mass is 10.2. The third kappa shape index (κ3) is 5.37. The average molecular weight is 232 g/mol. The van der Waals surface area contributed by atoms with Crippen molar-refractivity contribution >= 4 is 21.9 Å². The molecule has 0 heterocycles. The summed E-state index contributed by atoms with van der Waals surface area (Å²) in [6, 6.07) is 7.56. The van der Waals surface area contributed by atoms with Gasteiger partial charge in [-0.3, -0.25) is 0 Å². The molecule has 0 atom stereocenters. The van der Waals surface area contributed by atoms with Crippen molar-refractivity contribution in [2.24, 2.45) is 5.73 Å². The Hall–Kier alpha value is -0.383. The largest absolute Gasteiger partial charge is 0.329 e. The molecule has 0 amide bonds. The van der Waals surface area contributed by atoms with E-state index in [1.165, 1.54) is 6.07 Å². The average Bonchev–Trinajstić information content (AvgIpc) is 2.00. The monoisotopic (exact) mass is 231 g/mol. The zero-order valence-corrected chi connectivity index (χ0v) is 10.2. The molecule has 78 valence electrons. The molecule has 0 bridgehead atoms. The van der Waals surface area contributed by atoms with Crippen molar-refractivity contribution in [1.82, 2.24) is 0 Å². The zero-order valence-electron chi connectivity index (χ0n) is 8.38. The minimum Gasteiger partial charge on any atom is -0.329 e. The highest BCUT2D eigenvalue weighted by atomic mass is 35.5. The van der Waals surface area contributed by atoms with Crippen LogP contribution in [0, 0.1) is 5.82 Å². The van der Waals surface area contributed by atoms with E-state index in [4.69, 9.17) is 5.73 Å². The van der Waals surface area contributed by atoms with E-state index in [-0.39, 0.29) is 23.4 Å². The van der Waals surface area contributed by atoms with Crippen LogP contribution in [0.15, 0.2) is 24.3 Å². The summed E-state index contributed by atoms with van der Waals surface area (Å²) in [5, 5.41) is -0.147. The van der Waals surface area contributed by atoms with Gasteiger partial charge in [-0.05, 0) is 28.9 Å². The minimum atomic E-state index is -0.169. The molecule has 0 saturated carbocycles. The van der Waals surface area contributed by atoms with Crippen LogP contribution in [0.2, 0.25) is 0 Å². The molecule has 0 aliphatic carbocycles. The van der Waals surface area contributed by atoms with Gasteiger partial charge >= 0.3 is 0 Å². The predicted molar refractivity (Wildman–Crippen MR) is 61.4 cm³/mol. The first-order valence-corrected chi connectivity index (χ1v) is 5.46. The van der Waals surface area contributed by atoms with Crippen LogP contribution < -0.4 is 5.73 Å². The Morgan fingerprint density at radius 3 is 2.57 bits per heavy atom. The number of hydrogen-bond donors (Lipinski definition) is 1. The van der Waals surface area contributed by atoms with Crippen molar-refractivity contribution in [1.29, 1.82) is 0 Å². The molecular weight excluding hydrogens is 217 g/mol. The van der Waals surface area contributed by atoms with Crippen LogP contribution in [-0.2, 0) is 6.04 Å². The standard InChI is InChI=1S/C10H14FNSi.ClH/c1-10(2,12)13-7-8-4-3-5-9(11)6-8;/h3-6H,7,12H2,1-2H3;1H. The molecule has 0 aromatic heterocycles. The predicted octanol–water partition coefficient (Wildman–Crippen LogP) is 2.15. The Morgan fingerprint density at radius 1 is 1.43 bits per heavy atom. The molecule has 2 N–H and O–H groups in total. The number of hydrogen-bond acceptors (Lipinski definition) is 1. The maximum Gasteiger partial charge on any atom is 0.123 e. The van der Waals surface area contributed by atoms with Crippen molar-refractivity contribution in [3.63, 3.8) is 0 Å². The van der Waals surface area contributed by atoms with Crippen LogP contribution in [-0.4, -0.2) is 14.7 Å². The third-order valence-corrected chi connectivity index (χ3v) is 3.13. The third-order valence-electron chi connectivity index (χ3n) is 1.64. The van der Waals surface area contributed by atoms with Gasteiger partial charge in [0, 0.05) is 0 Å². The van der Waals surface area contributed by atoms with Gasteiger partial charge in [0.15, 0.2) is 0 Å². The van der Waals surface area contributed by atoms with Gasteiger partial charge in [0.25, 0.3) is 0 Å². The van der Waals surface area contributed by atoms with Crippen molar-refractivity contribution in [3.05, 3.63) is 35.6 Å². The van der Waals surface area contributed by atoms with Crippen molar-refractivity contribution in [2.45, 2.75) is 25.1 Å². The van der Waals surface area contributed by atoms with Gasteiger partial charge in [-0.15, -0.1) is 12.4 Å². The van der Waals surface area contributed by atoms with Crippen molar-refractivity contribution < 1.29 is 4.39 Å². The maximum absolute atomic E-state index is 12.8. The fourth-order valence-electron chi connectivity index (χ4n) is 0.977. The maximum atomic E-state index is 12.8. The van der Waals surface area contributed by atoms with Crippen LogP contribution in [0.3, 0.4) is 0 Å². The van der Waals surface area contributed by atoms with Crippen LogP contribution in [0.5, 0.6) is 0 Å². The van der Waals surface area contributed by atoms with E-state index in [1.54, 1.807) is 12.1 Å². The van der Waals surface area contributed by atoms with Crippen molar-refractivity contribution in [2.75, 3.05) is 0 Å². The summed E-state index contributed by atoms with van der Waals surface area (Å²) in [4.78, 5) is 0. The molecule has 1 rings (SSSR count). The van der Waals surface area contributed by atoms with Gasteiger partial charge in [-0.2, -0.15) is 0 Å². The summed E-state index contributed by atoms with van der Waals surface area (Å²) in [6.07, 6.45) is 0. The molecule has 0 spiro atoms. The first kappa shape index (κ1) is 13.6. The highest BCUT2D eigenvalue weighted by Crippen LogP contribution is 2.05. The SMILES string of the molecule is CC(C)(N)[Si]Cc1cccc(F)c1.Cl. The van der Waals surface area contributed by atoms with Gasteiger partial charge in [-0.1, -0.05) is 26.0 Å². The summed E-state index contributed by atoms with van der Waals surface area (Å²) in [7, 11) is 0.626. The smallest absolute Gasteiger partial charge is 0.123 e. The van der Waals surface area contributed by atoms with E-state index in [0.29, 0.717) is 9.52 Å². The Labute approximate surface area is 93.1 Å². The molecule has 0 unspecified atom stereocenters. The van der Waals surface area contributed by atoms with Crippen LogP contribution >= 0.6 is 12.4 Å². The van der Waals surface area contributed by atoms with Crippen LogP contribution in [0.25, 0.3) is 0 Å². The normalized spacial score (nSPS) is 10.9. The molecule has 0 aliphatic rings. The number of halogens is 2. The molecular formula is C10H15ClFNSi. The zero-order chi connectivity index (χ0) is 9.90. The van der Waals surface area contributed by atoms with Crippen molar-refractivity contribution in [3.8, 4) is 0 Å². The first-order valence-electron chi connectivity index (χ1n) is 4.26. The van der Waals surface area contributed by atoms with E-state index in [0.717, 1.165) is 11.6 Å². The summed E-state index contributed by atoms with van der Waals surface area (Å²) in [5.41, 5.74) is 6.86. The second-order valence-electron chi connectivity index (χ2n) is 3.71. The fraction of sp³-hybridized carbons (Fsp3) is 0.400. The van der Waals surface area contributed by atoms with Crippen LogP contribution in [0.1, 0.15) is 19.4 Å². The van der Waals surface area contributed by atoms with Gasteiger partial charge in [-0.25, -0.2) is 4.39 Å². The second kappa shape index (κ2) is 5.49. The summed E-state index contributed by atoms with van der Waals surface area (Å²) >= 11 is 0. The number of nitrogens with two attached hydrogens (primary N) is 1. The Bertz CT molecular complexity index is 286. The second-order valence-corrected chi connectivity index (χ2v) is 5.70. The number of rotatable bonds is 3. The van der Waals surface area contributed by atoms with Gasteiger partial charge in [0.05, 0.1) is 9.52 Å². The summed E-state index contributed by atoms with van der Waals surface area (Å²) < 4.78 is 12.8. The quantitative estimate of drug-likeness (QED) is 0.793. The molecule has 1 aromatic rings. The van der Waals surface area contributed by atoms with E-state index >= 15 is 0 Å². The Balaban J connectivity index is 0.00000169. The number of benzene rings is 1. The molecule has 1 nitrogen and oxygen atoms in total. The molecule has 14 heavy (non-hydrogen) atoms. The lowest BCUT2D eigenvalue weighted by Crippen LogP contribution is -2.40. The molecule has 2 radical (unpaired) electrons. The molecule has 0 saturated heterocycles. The molecule has 0 aliphatic heterocycles. The van der Waals surface area contributed by atoms with E-state index in [2.05, 4.69) is 0 Å². The van der Waals surface area contributed by atoms with Gasteiger partial charge in [0.1, 0.15) is 5.82 Å². The van der Waals surface area contributed by atoms with Gasteiger partial charge < -0.3 is 5.73 Å². The van der Waals surface area contributed by atoms with E-state index in [9.17, 15) is 4.39 Å². The van der Waals surface area contributed by atoms with Crippen LogP contribution in [0.4, 0.5) is 4.39 Å². The first-order chi connectivity index (χ1) is 5.97. The summed E-state index contributed by atoms with van der Waals surface area (Å²) in [5.74, 6) is -0.169. The topological polar surface area (TPSA) is 26.0 Å². The molecule has 1 aromatic carbocycles. The molecule has 0 fully saturated rings. The fourth-order valence-corrected chi connectivity index (χ4v) is 1.86. The van der Waals surface area contributed by atoms with E-state index < -0.39 is 0 Å².